The number of sulfonamides is 1. The molecular weight excluding hydrogens is 368 g/mol. The van der Waals surface area contributed by atoms with Crippen LogP contribution in [0.5, 0.6) is 0 Å². The van der Waals surface area contributed by atoms with Crippen LogP contribution in [-0.4, -0.2) is 48.5 Å². The summed E-state index contributed by atoms with van der Waals surface area (Å²) in [5.41, 5.74) is 0.609. The van der Waals surface area contributed by atoms with Crippen LogP contribution in [0.3, 0.4) is 0 Å². The molecule has 148 valence electrons. The quantitative estimate of drug-likeness (QED) is 0.749. The van der Waals surface area contributed by atoms with Gasteiger partial charge in [0, 0.05) is 25.8 Å². The molecule has 0 aromatic carbocycles. The molecule has 3 rings (SSSR count). The third-order valence-corrected chi connectivity index (χ3v) is 6.46. The van der Waals surface area contributed by atoms with Crippen LogP contribution in [-0.2, 0) is 14.8 Å². The lowest BCUT2D eigenvalue weighted by molar-refractivity contribution is -0.126. The highest BCUT2D eigenvalue weighted by Crippen LogP contribution is 2.28. The van der Waals surface area contributed by atoms with Gasteiger partial charge in [-0.25, -0.2) is 8.42 Å². The van der Waals surface area contributed by atoms with E-state index in [4.69, 9.17) is 4.42 Å². The number of nitrogens with zero attached hydrogens (tertiary/aromatic N) is 2. The van der Waals surface area contributed by atoms with Gasteiger partial charge in [0.15, 0.2) is 5.76 Å². The number of aromatic amines is 1. The number of furan rings is 1. The average Bonchev–Trinajstić information content (AvgIpc) is 3.33. The van der Waals surface area contributed by atoms with Crippen molar-refractivity contribution in [3.05, 3.63) is 24.4 Å². The molecular formula is C18H26N4O4S. The van der Waals surface area contributed by atoms with E-state index in [9.17, 15) is 13.2 Å². The minimum Gasteiger partial charge on any atom is -0.442 e. The second-order valence-electron chi connectivity index (χ2n) is 7.26. The van der Waals surface area contributed by atoms with E-state index in [1.165, 1.54) is 10.4 Å². The minimum atomic E-state index is -3.78. The van der Waals surface area contributed by atoms with Crippen molar-refractivity contribution in [3.8, 4) is 11.5 Å². The van der Waals surface area contributed by atoms with Crippen LogP contribution in [0.2, 0.25) is 0 Å². The summed E-state index contributed by atoms with van der Waals surface area (Å²) >= 11 is 0. The van der Waals surface area contributed by atoms with Crippen LogP contribution in [0.25, 0.3) is 11.5 Å². The van der Waals surface area contributed by atoms with Gasteiger partial charge in [-0.1, -0.05) is 13.8 Å². The predicted octanol–water partition coefficient (Wildman–Crippen LogP) is 2.23. The highest BCUT2D eigenvalue weighted by molar-refractivity contribution is 7.89. The third kappa shape index (κ3) is 4.59. The topological polar surface area (TPSA) is 108 Å². The number of amides is 1. The van der Waals surface area contributed by atoms with Crippen molar-refractivity contribution in [3.63, 3.8) is 0 Å². The zero-order valence-corrected chi connectivity index (χ0v) is 16.5. The first-order chi connectivity index (χ1) is 12.9. The average molecular weight is 394 g/mol. The molecule has 2 aromatic heterocycles. The van der Waals surface area contributed by atoms with Crippen molar-refractivity contribution in [1.82, 2.24) is 19.8 Å². The highest BCUT2D eigenvalue weighted by atomic mass is 32.2. The molecule has 8 nitrogen and oxygen atoms in total. The Balaban J connectivity index is 1.67. The molecule has 1 fully saturated rings. The van der Waals surface area contributed by atoms with Gasteiger partial charge in [-0.15, -0.1) is 0 Å². The number of carbonyl (C=O) groups is 1. The van der Waals surface area contributed by atoms with E-state index in [1.807, 2.05) is 0 Å². The molecule has 27 heavy (non-hydrogen) atoms. The largest absolute Gasteiger partial charge is 0.442 e. The maximum absolute atomic E-state index is 12.9. The van der Waals surface area contributed by atoms with Gasteiger partial charge in [0.05, 0.1) is 5.92 Å². The van der Waals surface area contributed by atoms with E-state index in [1.54, 1.807) is 18.3 Å². The first kappa shape index (κ1) is 19.6. The van der Waals surface area contributed by atoms with Crippen molar-refractivity contribution >= 4 is 15.9 Å². The number of rotatable bonds is 7. The Bertz CT molecular complexity index is 858. The molecule has 3 heterocycles. The number of piperidine rings is 1. The van der Waals surface area contributed by atoms with Crippen LogP contribution in [0, 0.1) is 11.8 Å². The smallest absolute Gasteiger partial charge is 0.276 e. The van der Waals surface area contributed by atoms with Crippen LogP contribution in [0.4, 0.5) is 0 Å². The summed E-state index contributed by atoms with van der Waals surface area (Å²) in [6, 6.07) is 4.74. The molecule has 1 atom stereocenters. The molecule has 0 bridgehead atoms. The van der Waals surface area contributed by atoms with Crippen LogP contribution in [0.1, 0.15) is 33.1 Å². The molecule has 1 aliphatic heterocycles. The first-order valence-corrected chi connectivity index (χ1v) is 10.7. The van der Waals surface area contributed by atoms with Gasteiger partial charge in [-0.2, -0.15) is 9.40 Å². The number of H-pyrrole nitrogens is 1. The van der Waals surface area contributed by atoms with Gasteiger partial charge < -0.3 is 9.73 Å². The lowest BCUT2D eigenvalue weighted by Gasteiger charge is -2.30. The Morgan fingerprint density at radius 2 is 2.22 bits per heavy atom. The summed E-state index contributed by atoms with van der Waals surface area (Å²) in [6.45, 7) is 5.38. The number of hydrogen-bond acceptors (Lipinski definition) is 5. The Hall–Kier alpha value is -2.13. The van der Waals surface area contributed by atoms with Crippen LogP contribution in [0.15, 0.2) is 33.9 Å². The van der Waals surface area contributed by atoms with Gasteiger partial charge in [0.1, 0.15) is 5.69 Å². The zero-order valence-electron chi connectivity index (χ0n) is 15.6. The fourth-order valence-electron chi connectivity index (χ4n) is 3.13. The molecule has 0 aliphatic carbocycles. The molecule has 0 unspecified atom stereocenters. The van der Waals surface area contributed by atoms with Gasteiger partial charge in [0.25, 0.3) is 10.0 Å². The molecule has 2 aromatic rings. The van der Waals surface area contributed by atoms with E-state index in [2.05, 4.69) is 29.4 Å². The zero-order chi connectivity index (χ0) is 19.4. The van der Waals surface area contributed by atoms with E-state index in [-0.39, 0.29) is 23.5 Å². The van der Waals surface area contributed by atoms with Crippen LogP contribution >= 0.6 is 0 Å². The van der Waals surface area contributed by atoms with Crippen LogP contribution < -0.4 is 5.32 Å². The van der Waals surface area contributed by atoms with E-state index < -0.39 is 10.0 Å². The number of aromatic nitrogens is 2. The summed E-state index contributed by atoms with van der Waals surface area (Å²) in [4.78, 5) is 12.4. The number of hydrogen-bond donors (Lipinski definition) is 2. The minimum absolute atomic E-state index is 0.0758. The number of carbonyl (C=O) groups excluding carboxylic acids is 1. The van der Waals surface area contributed by atoms with Gasteiger partial charge >= 0.3 is 0 Å². The van der Waals surface area contributed by atoms with Crippen molar-refractivity contribution < 1.29 is 17.6 Å². The van der Waals surface area contributed by atoms with Gasteiger partial charge in [-0.3, -0.25) is 9.89 Å². The number of nitrogens with one attached hydrogen (secondary N) is 2. The Morgan fingerprint density at radius 1 is 1.41 bits per heavy atom. The highest BCUT2D eigenvalue weighted by Gasteiger charge is 2.35. The SMILES string of the molecule is CC(C)CCNC(=O)[C@@H]1CCCN(S(=O)(=O)c2ccc(-c3ccn[nH]3)o2)C1. The first-order valence-electron chi connectivity index (χ1n) is 9.25. The van der Waals surface area contributed by atoms with E-state index >= 15 is 0 Å². The van der Waals surface area contributed by atoms with Gasteiger partial charge in [-0.05, 0) is 43.4 Å². The third-order valence-electron chi connectivity index (χ3n) is 4.72. The van der Waals surface area contributed by atoms with Crippen molar-refractivity contribution in [2.75, 3.05) is 19.6 Å². The van der Waals surface area contributed by atoms with E-state index in [0.29, 0.717) is 43.3 Å². The molecule has 9 heteroatoms. The maximum atomic E-state index is 12.9. The summed E-state index contributed by atoms with van der Waals surface area (Å²) in [6.07, 6.45) is 3.81. The Kier molecular flexibility index (Phi) is 6.01. The molecule has 2 N–H and O–H groups in total. The fourth-order valence-corrected chi connectivity index (χ4v) is 4.56. The second-order valence-corrected chi connectivity index (χ2v) is 9.13. The molecule has 1 saturated heterocycles. The summed E-state index contributed by atoms with van der Waals surface area (Å²) < 4.78 is 32.7. The summed E-state index contributed by atoms with van der Waals surface area (Å²) in [7, 11) is -3.78. The Labute approximate surface area is 159 Å². The maximum Gasteiger partial charge on any atom is 0.276 e. The molecule has 0 spiro atoms. The van der Waals surface area contributed by atoms with Crippen molar-refractivity contribution in [2.45, 2.75) is 38.2 Å². The Morgan fingerprint density at radius 3 is 2.93 bits per heavy atom. The predicted molar refractivity (Wildman–Crippen MR) is 100 cm³/mol. The monoisotopic (exact) mass is 394 g/mol. The molecule has 1 aliphatic rings. The summed E-state index contributed by atoms with van der Waals surface area (Å²) in [5.74, 6) is 0.512. The normalized spacial score (nSPS) is 18.7. The standard InChI is InChI=1S/C18H26N4O4S/c1-13(2)7-9-19-18(23)14-4-3-11-22(12-14)27(24,25)17-6-5-16(26-17)15-8-10-20-21-15/h5-6,8,10,13-14H,3-4,7,9,11-12H2,1-2H3,(H,19,23)(H,20,21)/t14-/m1/s1. The molecule has 0 radical (unpaired) electrons. The van der Waals surface area contributed by atoms with Crippen molar-refractivity contribution in [2.24, 2.45) is 11.8 Å². The summed E-state index contributed by atoms with van der Waals surface area (Å²) in [5, 5.41) is 9.38. The van der Waals surface area contributed by atoms with Gasteiger partial charge in [0.2, 0.25) is 11.0 Å². The van der Waals surface area contributed by atoms with E-state index in [0.717, 1.165) is 6.42 Å². The molecule has 1 amide bonds. The molecule has 0 saturated carbocycles. The lowest BCUT2D eigenvalue weighted by atomic mass is 9.98. The lowest BCUT2D eigenvalue weighted by Crippen LogP contribution is -2.45. The second kappa shape index (κ2) is 8.26. The van der Waals surface area contributed by atoms with Crippen molar-refractivity contribution in [1.29, 1.82) is 0 Å². The fraction of sp³-hybridized carbons (Fsp3) is 0.556.